The number of allylic oxidation sites excluding steroid dienone is 2. The van der Waals surface area contributed by atoms with Crippen molar-refractivity contribution < 1.29 is 9.18 Å². The fraction of sp³-hybridized carbons (Fsp3) is 0.219. The van der Waals surface area contributed by atoms with Crippen LogP contribution in [0.1, 0.15) is 31.5 Å². The molecule has 3 atom stereocenters. The van der Waals surface area contributed by atoms with Crippen LogP contribution in [-0.4, -0.2) is 15.6 Å². The fourth-order valence-corrected chi connectivity index (χ4v) is 6.32. The van der Waals surface area contributed by atoms with E-state index in [0.717, 1.165) is 52.2 Å². The molecule has 2 aliphatic rings. The highest BCUT2D eigenvalue weighted by Crippen LogP contribution is 2.52. The summed E-state index contributed by atoms with van der Waals surface area (Å²) in [6.07, 6.45) is 3.55. The number of aromatic nitrogens is 2. The highest BCUT2D eigenvalue weighted by atomic mass is 19.1. The fourth-order valence-electron chi connectivity index (χ4n) is 6.32. The topological polar surface area (TPSA) is 58.7 Å². The van der Waals surface area contributed by atoms with Gasteiger partial charge in [-0.3, -0.25) is 4.79 Å². The van der Waals surface area contributed by atoms with Crippen molar-refractivity contribution in [2.75, 3.05) is 0 Å². The van der Waals surface area contributed by atoms with Gasteiger partial charge in [-0.2, -0.15) is 10.4 Å². The molecule has 37 heavy (non-hydrogen) atoms. The van der Waals surface area contributed by atoms with Gasteiger partial charge in [0.2, 0.25) is 0 Å². The minimum atomic E-state index is -0.521. The monoisotopic (exact) mass is 487 g/mol. The largest absolute Gasteiger partial charge is 0.293 e. The molecular formula is C32H26FN3O. The van der Waals surface area contributed by atoms with Crippen LogP contribution >= 0.6 is 0 Å². The molecule has 0 spiro atoms. The molecule has 0 bridgehead atoms. The summed E-state index contributed by atoms with van der Waals surface area (Å²) >= 11 is 0. The molecule has 4 nitrogen and oxygen atoms in total. The first-order valence-electron chi connectivity index (χ1n) is 12.6. The van der Waals surface area contributed by atoms with Crippen LogP contribution in [0.2, 0.25) is 0 Å². The zero-order chi connectivity index (χ0) is 25.7. The molecule has 4 aromatic rings. The third-order valence-corrected chi connectivity index (χ3v) is 8.13. The van der Waals surface area contributed by atoms with Gasteiger partial charge < -0.3 is 0 Å². The number of rotatable bonds is 3. The van der Waals surface area contributed by atoms with Crippen LogP contribution in [0.25, 0.3) is 28.1 Å². The Hall–Kier alpha value is -4.30. The first-order valence-corrected chi connectivity index (χ1v) is 12.6. The van der Waals surface area contributed by atoms with E-state index in [-0.39, 0.29) is 29.0 Å². The van der Waals surface area contributed by atoms with Crippen molar-refractivity contribution in [3.63, 3.8) is 0 Å². The normalized spacial score (nSPS) is 22.5. The molecule has 3 aromatic carbocycles. The average molecular weight is 488 g/mol. The first-order chi connectivity index (χ1) is 17.9. The summed E-state index contributed by atoms with van der Waals surface area (Å²) in [5.41, 5.74) is 6.50. The number of carbonyl (C=O) groups is 1. The maximum Gasteiger partial charge on any atom is 0.176 e. The Labute approximate surface area is 215 Å². The molecule has 0 saturated heterocycles. The number of nitriles is 1. The number of ketones is 1. The average Bonchev–Trinajstić information content (AvgIpc) is 3.32. The van der Waals surface area contributed by atoms with Gasteiger partial charge in [-0.1, -0.05) is 74.5 Å². The molecule has 0 aliphatic heterocycles. The molecular weight excluding hydrogens is 461 g/mol. The third-order valence-electron chi connectivity index (χ3n) is 8.13. The second kappa shape index (κ2) is 8.67. The van der Waals surface area contributed by atoms with Crippen molar-refractivity contribution in [3.8, 4) is 34.1 Å². The Kier molecular flexibility index (Phi) is 5.42. The summed E-state index contributed by atoms with van der Waals surface area (Å²) in [5, 5.41) is 14.9. The lowest BCUT2D eigenvalue weighted by atomic mass is 9.57. The summed E-state index contributed by atoms with van der Waals surface area (Å²) in [4.78, 5) is 12.9. The van der Waals surface area contributed by atoms with Gasteiger partial charge in [0, 0.05) is 22.5 Å². The van der Waals surface area contributed by atoms with Gasteiger partial charge in [-0.05, 0) is 54.2 Å². The first kappa shape index (κ1) is 23.1. The van der Waals surface area contributed by atoms with E-state index in [2.05, 4.69) is 25.1 Å². The Balaban J connectivity index is 1.56. The summed E-state index contributed by atoms with van der Waals surface area (Å²) in [5.74, 6) is -0.496. The van der Waals surface area contributed by atoms with Gasteiger partial charge in [0.1, 0.15) is 11.9 Å². The van der Waals surface area contributed by atoms with Crippen molar-refractivity contribution >= 4 is 5.78 Å². The van der Waals surface area contributed by atoms with E-state index >= 15 is 0 Å². The number of nitrogens with zero attached hydrogens (tertiary/aromatic N) is 3. The van der Waals surface area contributed by atoms with Crippen LogP contribution in [0.5, 0.6) is 0 Å². The molecule has 0 unspecified atom stereocenters. The van der Waals surface area contributed by atoms with Crippen LogP contribution in [0.15, 0.2) is 90.5 Å². The number of hydrogen-bond donors (Lipinski definition) is 0. The molecule has 1 aromatic heterocycles. The minimum absolute atomic E-state index is 0.0674. The summed E-state index contributed by atoms with van der Waals surface area (Å²) in [7, 11) is 0. The quantitative estimate of drug-likeness (QED) is 0.318. The van der Waals surface area contributed by atoms with Crippen molar-refractivity contribution in [2.45, 2.75) is 32.1 Å². The van der Waals surface area contributed by atoms with E-state index in [1.54, 1.807) is 6.07 Å². The van der Waals surface area contributed by atoms with E-state index in [1.807, 2.05) is 66.2 Å². The van der Waals surface area contributed by atoms with Crippen LogP contribution in [0.3, 0.4) is 0 Å². The maximum atomic E-state index is 13.8. The highest BCUT2D eigenvalue weighted by molar-refractivity contribution is 6.02. The van der Waals surface area contributed by atoms with Gasteiger partial charge in [-0.15, -0.1) is 0 Å². The maximum absolute atomic E-state index is 13.8. The number of halogens is 1. The van der Waals surface area contributed by atoms with Gasteiger partial charge in [-0.25, -0.2) is 9.07 Å². The van der Waals surface area contributed by atoms with Crippen molar-refractivity contribution in [1.29, 1.82) is 5.26 Å². The predicted octanol–water partition coefficient (Wildman–Crippen LogP) is 6.83. The smallest absolute Gasteiger partial charge is 0.176 e. The van der Waals surface area contributed by atoms with Crippen molar-refractivity contribution in [3.05, 3.63) is 108 Å². The third kappa shape index (κ3) is 3.64. The Morgan fingerprint density at radius 2 is 1.73 bits per heavy atom. The molecule has 182 valence electrons. The van der Waals surface area contributed by atoms with Crippen molar-refractivity contribution in [1.82, 2.24) is 9.78 Å². The van der Waals surface area contributed by atoms with E-state index in [1.165, 1.54) is 12.1 Å². The van der Waals surface area contributed by atoms with E-state index in [4.69, 9.17) is 5.10 Å². The number of Topliss-reactive ketones (excluding diaryl/α,β-unsaturated/α-hetero) is 1. The van der Waals surface area contributed by atoms with Crippen molar-refractivity contribution in [2.24, 2.45) is 11.8 Å². The van der Waals surface area contributed by atoms with Crippen LogP contribution in [0, 0.1) is 29.0 Å². The standard InChI is InChI=1S/C32H26FN3O/c1-20-28-16-15-27-29(22-7-4-3-5-8-22)35-36(31(27)32(28,2)18-24(19-34)30(20)37)26-13-11-21(12-14-26)23-9-6-10-25(33)17-23/h3-14,17-18,20,28H,15-16H2,1-2H3/t20-,28-,32-/m1/s1. The van der Waals surface area contributed by atoms with Gasteiger partial charge in [0.15, 0.2) is 5.78 Å². The van der Waals surface area contributed by atoms with E-state index in [0.29, 0.717) is 0 Å². The summed E-state index contributed by atoms with van der Waals surface area (Å²) in [6, 6.07) is 26.8. The van der Waals surface area contributed by atoms with Crippen LogP contribution in [0.4, 0.5) is 4.39 Å². The lowest BCUT2D eigenvalue weighted by Gasteiger charge is -2.45. The minimum Gasteiger partial charge on any atom is -0.293 e. The number of benzene rings is 3. The molecule has 0 saturated carbocycles. The Bertz CT molecular complexity index is 1590. The predicted molar refractivity (Wildman–Crippen MR) is 141 cm³/mol. The lowest BCUT2D eigenvalue weighted by molar-refractivity contribution is -0.121. The molecule has 0 amide bonds. The van der Waals surface area contributed by atoms with Gasteiger partial charge >= 0.3 is 0 Å². The molecule has 5 heteroatoms. The molecule has 6 rings (SSSR count). The molecule has 0 fully saturated rings. The molecule has 0 N–H and O–H groups in total. The van der Waals surface area contributed by atoms with Gasteiger partial charge in [0.05, 0.1) is 22.6 Å². The Morgan fingerprint density at radius 3 is 2.43 bits per heavy atom. The zero-order valence-corrected chi connectivity index (χ0v) is 20.8. The highest BCUT2D eigenvalue weighted by Gasteiger charge is 2.50. The number of carbonyl (C=O) groups excluding carboxylic acids is 1. The Morgan fingerprint density at radius 1 is 1.00 bits per heavy atom. The number of hydrogen-bond acceptors (Lipinski definition) is 3. The number of fused-ring (bicyclic) bond motifs is 3. The molecule has 0 radical (unpaired) electrons. The summed E-state index contributed by atoms with van der Waals surface area (Å²) in [6.45, 7) is 4.09. The van der Waals surface area contributed by atoms with E-state index in [9.17, 15) is 14.4 Å². The van der Waals surface area contributed by atoms with Crippen LogP contribution < -0.4 is 0 Å². The van der Waals surface area contributed by atoms with E-state index < -0.39 is 5.41 Å². The molecule has 2 aliphatic carbocycles. The lowest BCUT2D eigenvalue weighted by Crippen LogP contribution is -2.46. The SMILES string of the molecule is C[C@H]1C(=O)C(C#N)=C[C@@]2(C)c3c(c(-c4ccccc4)nn3-c3ccc(-c4cccc(F)c4)cc3)CC[C@H]12. The van der Waals surface area contributed by atoms with Crippen LogP contribution in [-0.2, 0) is 16.6 Å². The van der Waals surface area contributed by atoms with Gasteiger partial charge in [0.25, 0.3) is 0 Å². The second-order valence-corrected chi connectivity index (χ2v) is 10.3. The second-order valence-electron chi connectivity index (χ2n) is 10.3. The zero-order valence-electron chi connectivity index (χ0n) is 20.8. The molecule has 1 heterocycles. The summed E-state index contributed by atoms with van der Waals surface area (Å²) < 4.78 is 15.8.